The topological polar surface area (TPSA) is 29.5 Å². The molecule has 20 heavy (non-hydrogen) atoms. The minimum Gasteiger partial charge on any atom is -0.462 e. The number of esters is 1. The first-order chi connectivity index (χ1) is 9.63. The van der Waals surface area contributed by atoms with Crippen LogP contribution >= 0.6 is 0 Å². The first kappa shape index (κ1) is 13.6. The fourth-order valence-corrected chi connectivity index (χ4v) is 3.94. The molecule has 0 aromatic heterocycles. The lowest BCUT2D eigenvalue weighted by Gasteiger charge is -2.49. The Morgan fingerprint density at radius 2 is 1.70 bits per heavy atom. The molecule has 2 aliphatic heterocycles. The van der Waals surface area contributed by atoms with Gasteiger partial charge in [-0.25, -0.2) is 0 Å². The second-order valence-electron chi connectivity index (χ2n) is 6.25. The van der Waals surface area contributed by atoms with Crippen LogP contribution in [0.5, 0.6) is 0 Å². The summed E-state index contributed by atoms with van der Waals surface area (Å²) in [5.74, 6) is 0.512. The second-order valence-corrected chi connectivity index (χ2v) is 6.25. The Morgan fingerprint density at radius 1 is 1.10 bits per heavy atom. The summed E-state index contributed by atoms with van der Waals surface area (Å²) in [5, 5.41) is 0. The maximum atomic E-state index is 11.2. The molecule has 2 atom stereocenters. The third kappa shape index (κ3) is 2.73. The second kappa shape index (κ2) is 5.57. The summed E-state index contributed by atoms with van der Waals surface area (Å²) < 4.78 is 5.45. The Morgan fingerprint density at radius 3 is 2.25 bits per heavy atom. The van der Waals surface area contributed by atoms with Crippen molar-refractivity contribution in [2.75, 3.05) is 7.05 Å². The largest absolute Gasteiger partial charge is 0.462 e. The lowest BCUT2D eigenvalue weighted by molar-refractivity contribution is -0.152. The van der Waals surface area contributed by atoms with Crippen molar-refractivity contribution in [2.24, 2.45) is 0 Å². The lowest BCUT2D eigenvalue weighted by Crippen LogP contribution is -2.53. The molecule has 2 bridgehead atoms. The van der Waals surface area contributed by atoms with Gasteiger partial charge in [0, 0.05) is 31.8 Å². The minimum absolute atomic E-state index is 0.121. The van der Waals surface area contributed by atoms with Crippen LogP contribution in [0.15, 0.2) is 30.3 Å². The van der Waals surface area contributed by atoms with E-state index in [0.29, 0.717) is 18.0 Å². The molecule has 1 aromatic carbocycles. The van der Waals surface area contributed by atoms with Gasteiger partial charge < -0.3 is 9.64 Å². The van der Waals surface area contributed by atoms with E-state index in [2.05, 4.69) is 42.3 Å². The van der Waals surface area contributed by atoms with Crippen molar-refractivity contribution >= 4 is 5.97 Å². The molecule has 3 rings (SSSR count). The van der Waals surface area contributed by atoms with E-state index in [4.69, 9.17) is 4.74 Å². The van der Waals surface area contributed by atoms with Gasteiger partial charge in [0.05, 0.1) is 0 Å². The number of rotatable bonds is 2. The molecule has 2 aliphatic rings. The van der Waals surface area contributed by atoms with E-state index in [1.54, 1.807) is 0 Å². The van der Waals surface area contributed by atoms with Crippen molar-refractivity contribution < 1.29 is 9.53 Å². The molecule has 0 aliphatic carbocycles. The van der Waals surface area contributed by atoms with Crippen LogP contribution in [0, 0.1) is 0 Å². The third-order valence-corrected chi connectivity index (χ3v) is 4.94. The molecule has 108 valence electrons. The highest BCUT2D eigenvalue weighted by atomic mass is 16.5. The molecule has 3 heteroatoms. The van der Waals surface area contributed by atoms with E-state index in [1.807, 2.05) is 0 Å². The van der Waals surface area contributed by atoms with Gasteiger partial charge >= 0.3 is 5.97 Å². The fraction of sp³-hybridized carbons (Fsp3) is 0.588. The molecule has 2 unspecified atom stereocenters. The number of hydrogen-bond donors (Lipinski definition) is 0. The highest BCUT2D eigenvalue weighted by molar-refractivity contribution is 5.66. The number of nitrogens with zero attached hydrogens (tertiary/aromatic N) is 1. The van der Waals surface area contributed by atoms with Gasteiger partial charge in [-0.2, -0.15) is 0 Å². The molecule has 0 radical (unpaired) electrons. The summed E-state index contributed by atoms with van der Waals surface area (Å²) in [6, 6.07) is 11.9. The van der Waals surface area contributed by atoms with Gasteiger partial charge in [0.1, 0.15) is 6.10 Å². The maximum absolute atomic E-state index is 11.2. The first-order valence-electron chi connectivity index (χ1n) is 7.57. The van der Waals surface area contributed by atoms with Crippen LogP contribution in [-0.2, 0) is 9.53 Å². The van der Waals surface area contributed by atoms with Gasteiger partial charge in [0.2, 0.25) is 0 Å². The monoisotopic (exact) mass is 273 g/mol. The predicted molar refractivity (Wildman–Crippen MR) is 78.5 cm³/mol. The van der Waals surface area contributed by atoms with E-state index in [0.717, 1.165) is 12.8 Å². The lowest BCUT2D eigenvalue weighted by atomic mass is 9.75. The molecule has 2 fully saturated rings. The minimum atomic E-state index is -0.141. The van der Waals surface area contributed by atoms with Crippen molar-refractivity contribution in [3.05, 3.63) is 35.9 Å². The summed E-state index contributed by atoms with van der Waals surface area (Å²) in [7, 11) is 2.22. The average Bonchev–Trinajstić information content (AvgIpc) is 2.40. The van der Waals surface area contributed by atoms with Gasteiger partial charge in [-0.3, -0.25) is 4.79 Å². The zero-order valence-corrected chi connectivity index (χ0v) is 12.3. The van der Waals surface area contributed by atoms with Crippen LogP contribution < -0.4 is 0 Å². The van der Waals surface area contributed by atoms with Gasteiger partial charge in [-0.05, 0) is 31.4 Å². The first-order valence-corrected chi connectivity index (χ1v) is 7.57. The summed E-state index contributed by atoms with van der Waals surface area (Å²) in [5.41, 5.74) is 1.46. The van der Waals surface area contributed by atoms with Gasteiger partial charge in [-0.1, -0.05) is 30.3 Å². The van der Waals surface area contributed by atoms with Crippen LogP contribution in [0.25, 0.3) is 0 Å². The van der Waals surface area contributed by atoms with Crippen LogP contribution in [-0.4, -0.2) is 36.1 Å². The number of piperidine rings is 2. The van der Waals surface area contributed by atoms with Crippen LogP contribution in [0.2, 0.25) is 0 Å². The Bertz CT molecular complexity index is 457. The molecule has 0 N–H and O–H groups in total. The Labute approximate surface area is 120 Å². The predicted octanol–water partition coefficient (Wildman–Crippen LogP) is 2.96. The molecule has 0 amide bonds. The van der Waals surface area contributed by atoms with Gasteiger partial charge in [-0.15, -0.1) is 0 Å². The molecule has 1 aromatic rings. The Hall–Kier alpha value is -1.35. The number of carbonyl (C=O) groups is 1. The summed E-state index contributed by atoms with van der Waals surface area (Å²) >= 11 is 0. The number of benzene rings is 1. The Kier molecular flexibility index (Phi) is 3.79. The van der Waals surface area contributed by atoms with Crippen LogP contribution in [0.3, 0.4) is 0 Å². The number of fused-ring (bicyclic) bond motifs is 2. The van der Waals surface area contributed by atoms with E-state index < -0.39 is 0 Å². The van der Waals surface area contributed by atoms with Crippen molar-refractivity contribution in [1.29, 1.82) is 0 Å². The average molecular weight is 273 g/mol. The maximum Gasteiger partial charge on any atom is 0.302 e. The standard InChI is InChI=1S/C17H23NO2/c1-12(19)20-17-10-15-8-14(9-16(11-17)18(15)2)13-6-4-3-5-7-13/h3-7,14-17H,8-11H2,1-2H3. The van der Waals surface area contributed by atoms with Crippen molar-refractivity contribution in [2.45, 2.75) is 56.7 Å². The highest BCUT2D eigenvalue weighted by Crippen LogP contribution is 2.41. The van der Waals surface area contributed by atoms with E-state index in [9.17, 15) is 4.79 Å². The molecule has 3 nitrogen and oxygen atoms in total. The van der Waals surface area contributed by atoms with Gasteiger partial charge in [0.25, 0.3) is 0 Å². The molecule has 2 heterocycles. The van der Waals surface area contributed by atoms with E-state index in [1.165, 1.54) is 25.3 Å². The molecule has 0 saturated carbocycles. The van der Waals surface area contributed by atoms with Crippen molar-refractivity contribution in [3.63, 3.8) is 0 Å². The van der Waals surface area contributed by atoms with Crippen LogP contribution in [0.4, 0.5) is 0 Å². The molecular formula is C17H23NO2. The number of carbonyl (C=O) groups excluding carboxylic acids is 1. The van der Waals surface area contributed by atoms with Gasteiger partial charge in [0.15, 0.2) is 0 Å². The van der Waals surface area contributed by atoms with E-state index in [-0.39, 0.29) is 12.1 Å². The highest BCUT2D eigenvalue weighted by Gasteiger charge is 2.41. The smallest absolute Gasteiger partial charge is 0.302 e. The summed E-state index contributed by atoms with van der Waals surface area (Å²) in [6.45, 7) is 1.51. The normalized spacial score (nSPS) is 33.7. The molecule has 0 spiro atoms. The quantitative estimate of drug-likeness (QED) is 0.776. The SMILES string of the molecule is CC(=O)OC1CC2CC(c3ccccc3)CC(C1)N2C. The summed E-state index contributed by atoms with van der Waals surface area (Å²) in [4.78, 5) is 13.7. The summed E-state index contributed by atoms with van der Waals surface area (Å²) in [6.07, 6.45) is 4.44. The van der Waals surface area contributed by atoms with Crippen molar-refractivity contribution in [1.82, 2.24) is 4.90 Å². The number of ether oxygens (including phenoxy) is 1. The zero-order chi connectivity index (χ0) is 14.1. The molecular weight excluding hydrogens is 250 g/mol. The van der Waals surface area contributed by atoms with Crippen LogP contribution in [0.1, 0.15) is 44.1 Å². The third-order valence-electron chi connectivity index (χ3n) is 4.94. The van der Waals surface area contributed by atoms with E-state index >= 15 is 0 Å². The number of hydrogen-bond acceptors (Lipinski definition) is 3. The molecule has 2 saturated heterocycles. The Balaban J connectivity index is 1.72. The van der Waals surface area contributed by atoms with Crippen molar-refractivity contribution in [3.8, 4) is 0 Å². The zero-order valence-electron chi connectivity index (χ0n) is 12.3. The fourth-order valence-electron chi connectivity index (χ4n) is 3.94.